The van der Waals surface area contributed by atoms with Crippen LogP contribution >= 0.6 is 0 Å². The van der Waals surface area contributed by atoms with Crippen molar-refractivity contribution in [3.05, 3.63) is 0 Å². The second kappa shape index (κ2) is 10.0. The molecule has 114 valence electrons. The molecule has 0 fully saturated rings. The SMILES string of the molecule is CCNC(=NCC(C)(C)OC)NCCCOC(C)C. The Kier molecular flexibility index (Phi) is 9.61. The number of aliphatic imine (C=N–C) groups is 1. The maximum Gasteiger partial charge on any atom is 0.191 e. The molecule has 0 spiro atoms. The highest BCUT2D eigenvalue weighted by atomic mass is 16.5. The highest BCUT2D eigenvalue weighted by molar-refractivity contribution is 5.79. The van der Waals surface area contributed by atoms with Crippen LogP contribution in [0.5, 0.6) is 0 Å². The molecule has 0 aliphatic carbocycles. The van der Waals surface area contributed by atoms with Gasteiger partial charge in [-0.3, -0.25) is 4.99 Å². The Labute approximate surface area is 118 Å². The summed E-state index contributed by atoms with van der Waals surface area (Å²) in [5.74, 6) is 0.831. The number of hydrogen-bond acceptors (Lipinski definition) is 3. The van der Waals surface area contributed by atoms with E-state index in [2.05, 4.69) is 22.5 Å². The number of nitrogens with one attached hydrogen (secondary N) is 2. The van der Waals surface area contributed by atoms with Gasteiger partial charge in [0.1, 0.15) is 0 Å². The predicted octanol–water partition coefficient (Wildman–Crippen LogP) is 1.78. The average molecular weight is 273 g/mol. The number of guanidine groups is 1. The Morgan fingerprint density at radius 2 is 1.95 bits per heavy atom. The average Bonchev–Trinajstić information content (AvgIpc) is 2.35. The van der Waals surface area contributed by atoms with Crippen molar-refractivity contribution in [2.24, 2.45) is 4.99 Å². The molecule has 5 heteroatoms. The molecule has 2 N–H and O–H groups in total. The molecule has 19 heavy (non-hydrogen) atoms. The molecule has 0 saturated heterocycles. The molecule has 0 unspecified atom stereocenters. The molecule has 0 bridgehead atoms. The van der Waals surface area contributed by atoms with E-state index in [1.54, 1.807) is 7.11 Å². The van der Waals surface area contributed by atoms with Gasteiger partial charge in [-0.25, -0.2) is 0 Å². The largest absolute Gasteiger partial charge is 0.379 e. The minimum absolute atomic E-state index is 0.233. The first-order valence-corrected chi connectivity index (χ1v) is 7.10. The van der Waals surface area contributed by atoms with Gasteiger partial charge in [-0.15, -0.1) is 0 Å². The van der Waals surface area contributed by atoms with E-state index in [1.807, 2.05) is 27.7 Å². The second-order valence-corrected chi connectivity index (χ2v) is 5.36. The van der Waals surface area contributed by atoms with Crippen LogP contribution in [-0.2, 0) is 9.47 Å². The van der Waals surface area contributed by atoms with Crippen LogP contribution in [0, 0.1) is 0 Å². The first-order valence-electron chi connectivity index (χ1n) is 7.10. The molecule has 0 aromatic heterocycles. The van der Waals surface area contributed by atoms with Crippen molar-refractivity contribution in [3.63, 3.8) is 0 Å². The number of methoxy groups -OCH3 is 1. The summed E-state index contributed by atoms with van der Waals surface area (Å²) in [7, 11) is 1.71. The van der Waals surface area contributed by atoms with E-state index in [9.17, 15) is 0 Å². The molecule has 0 radical (unpaired) electrons. The molecule has 5 nitrogen and oxygen atoms in total. The highest BCUT2D eigenvalue weighted by Crippen LogP contribution is 2.06. The van der Waals surface area contributed by atoms with E-state index in [1.165, 1.54) is 0 Å². The van der Waals surface area contributed by atoms with Crippen molar-refractivity contribution in [1.29, 1.82) is 0 Å². The van der Waals surface area contributed by atoms with Crippen LogP contribution in [0.25, 0.3) is 0 Å². The summed E-state index contributed by atoms with van der Waals surface area (Å²) >= 11 is 0. The maximum atomic E-state index is 5.49. The molecule has 0 aromatic rings. The summed E-state index contributed by atoms with van der Waals surface area (Å²) in [6, 6.07) is 0. The number of rotatable bonds is 9. The van der Waals surface area contributed by atoms with Gasteiger partial charge in [-0.1, -0.05) is 0 Å². The van der Waals surface area contributed by atoms with Gasteiger partial charge in [0.15, 0.2) is 5.96 Å². The van der Waals surface area contributed by atoms with Crippen LogP contribution < -0.4 is 10.6 Å². The lowest BCUT2D eigenvalue weighted by Gasteiger charge is -2.21. The number of ether oxygens (including phenoxy) is 2. The molecule has 0 aliphatic heterocycles. The lowest BCUT2D eigenvalue weighted by molar-refractivity contribution is 0.0310. The van der Waals surface area contributed by atoms with Crippen LogP contribution in [0.4, 0.5) is 0 Å². The van der Waals surface area contributed by atoms with Crippen molar-refractivity contribution in [1.82, 2.24) is 10.6 Å². The first-order chi connectivity index (χ1) is 8.91. The van der Waals surface area contributed by atoms with Gasteiger partial charge in [-0.05, 0) is 41.0 Å². The van der Waals surface area contributed by atoms with E-state index in [0.717, 1.165) is 32.1 Å². The van der Waals surface area contributed by atoms with Gasteiger partial charge in [0.2, 0.25) is 0 Å². The van der Waals surface area contributed by atoms with E-state index < -0.39 is 0 Å². The van der Waals surface area contributed by atoms with Crippen molar-refractivity contribution >= 4 is 5.96 Å². The van der Waals surface area contributed by atoms with E-state index in [0.29, 0.717) is 12.6 Å². The van der Waals surface area contributed by atoms with Crippen LogP contribution in [0.3, 0.4) is 0 Å². The highest BCUT2D eigenvalue weighted by Gasteiger charge is 2.15. The minimum atomic E-state index is -0.233. The lowest BCUT2D eigenvalue weighted by Crippen LogP contribution is -2.39. The zero-order valence-corrected chi connectivity index (χ0v) is 13.4. The van der Waals surface area contributed by atoms with Crippen LogP contribution in [0.2, 0.25) is 0 Å². The third-order valence-electron chi connectivity index (χ3n) is 2.58. The van der Waals surface area contributed by atoms with Gasteiger partial charge < -0.3 is 20.1 Å². The summed E-state index contributed by atoms with van der Waals surface area (Å²) in [5.41, 5.74) is -0.233. The second-order valence-electron chi connectivity index (χ2n) is 5.36. The monoisotopic (exact) mass is 273 g/mol. The van der Waals surface area contributed by atoms with E-state index in [-0.39, 0.29) is 5.60 Å². The Morgan fingerprint density at radius 3 is 2.47 bits per heavy atom. The van der Waals surface area contributed by atoms with E-state index in [4.69, 9.17) is 9.47 Å². The number of hydrogen-bond donors (Lipinski definition) is 2. The fraction of sp³-hybridized carbons (Fsp3) is 0.929. The summed E-state index contributed by atoms with van der Waals surface area (Å²) in [4.78, 5) is 4.52. The molecule has 0 atom stereocenters. The Bertz CT molecular complexity index is 253. The number of nitrogens with zero attached hydrogens (tertiary/aromatic N) is 1. The Balaban J connectivity index is 4.01. The third kappa shape index (κ3) is 10.8. The summed E-state index contributed by atoms with van der Waals surface area (Å²) in [6.45, 7) is 13.3. The fourth-order valence-electron chi connectivity index (χ4n) is 1.27. The predicted molar refractivity (Wildman–Crippen MR) is 80.8 cm³/mol. The lowest BCUT2D eigenvalue weighted by atomic mass is 10.1. The van der Waals surface area contributed by atoms with Crippen LogP contribution in [-0.4, -0.2) is 51.0 Å². The molecule has 0 rings (SSSR count). The molecule has 0 aromatic carbocycles. The Morgan fingerprint density at radius 1 is 1.26 bits per heavy atom. The molecule has 0 amide bonds. The smallest absolute Gasteiger partial charge is 0.191 e. The van der Waals surface area contributed by atoms with Crippen molar-refractivity contribution < 1.29 is 9.47 Å². The molecular weight excluding hydrogens is 242 g/mol. The van der Waals surface area contributed by atoms with Crippen molar-refractivity contribution in [2.45, 2.75) is 52.7 Å². The molecule has 0 saturated carbocycles. The zero-order chi connectivity index (χ0) is 14.7. The molecule has 0 aliphatic rings. The zero-order valence-electron chi connectivity index (χ0n) is 13.4. The Hall–Kier alpha value is -0.810. The van der Waals surface area contributed by atoms with Gasteiger partial charge in [0, 0.05) is 26.8 Å². The normalized spacial score (nSPS) is 12.9. The quantitative estimate of drug-likeness (QED) is 0.382. The fourth-order valence-corrected chi connectivity index (χ4v) is 1.27. The molecule has 0 heterocycles. The summed E-state index contributed by atoms with van der Waals surface area (Å²) < 4.78 is 10.8. The summed E-state index contributed by atoms with van der Waals surface area (Å²) in [6.07, 6.45) is 1.26. The van der Waals surface area contributed by atoms with Crippen molar-refractivity contribution in [3.8, 4) is 0 Å². The standard InChI is InChI=1S/C14H31N3O2/c1-7-15-13(17-11-14(4,5)18-6)16-9-8-10-19-12(2)3/h12H,7-11H2,1-6H3,(H2,15,16,17). The summed E-state index contributed by atoms with van der Waals surface area (Å²) in [5, 5.41) is 6.52. The van der Waals surface area contributed by atoms with E-state index >= 15 is 0 Å². The van der Waals surface area contributed by atoms with Gasteiger partial charge in [0.25, 0.3) is 0 Å². The topological polar surface area (TPSA) is 54.9 Å². The van der Waals surface area contributed by atoms with Crippen LogP contribution in [0.15, 0.2) is 4.99 Å². The molecular formula is C14H31N3O2. The van der Waals surface area contributed by atoms with Gasteiger partial charge in [0.05, 0.1) is 18.2 Å². The minimum Gasteiger partial charge on any atom is -0.379 e. The van der Waals surface area contributed by atoms with Crippen LogP contribution in [0.1, 0.15) is 41.0 Å². The first kappa shape index (κ1) is 18.2. The van der Waals surface area contributed by atoms with Gasteiger partial charge in [-0.2, -0.15) is 0 Å². The van der Waals surface area contributed by atoms with Crippen molar-refractivity contribution in [2.75, 3.05) is 33.4 Å². The maximum absolute atomic E-state index is 5.49. The van der Waals surface area contributed by atoms with Gasteiger partial charge >= 0.3 is 0 Å². The third-order valence-corrected chi connectivity index (χ3v) is 2.58.